The molecule has 2 amide bonds. The lowest BCUT2D eigenvalue weighted by atomic mass is 10.2. The van der Waals surface area contributed by atoms with Gasteiger partial charge in [-0.25, -0.2) is 0 Å². The number of aliphatic hydroxyl groups is 1. The van der Waals surface area contributed by atoms with E-state index >= 15 is 0 Å². The molecular weight excluding hydrogens is 288 g/mol. The summed E-state index contributed by atoms with van der Waals surface area (Å²) in [5, 5.41) is 13.7. The number of rotatable bonds is 7. The summed E-state index contributed by atoms with van der Waals surface area (Å²) in [6.07, 6.45) is 2.25. The van der Waals surface area contributed by atoms with Crippen LogP contribution in [0.25, 0.3) is 0 Å². The smallest absolute Gasteiger partial charge is 0.309 e. The van der Waals surface area contributed by atoms with Crippen LogP contribution >= 0.6 is 0 Å². The van der Waals surface area contributed by atoms with Gasteiger partial charge in [0.05, 0.1) is 0 Å². The first-order valence-corrected chi connectivity index (χ1v) is 7.26. The number of hydrogen-bond acceptors (Lipinski definition) is 5. The summed E-state index contributed by atoms with van der Waals surface area (Å²) in [5.41, 5.74) is 0.827. The quantitative estimate of drug-likeness (QED) is 0.497. The molecule has 1 aromatic carbocycles. The van der Waals surface area contributed by atoms with E-state index < -0.39 is 11.8 Å². The second-order valence-corrected chi connectivity index (χ2v) is 4.91. The average Bonchev–Trinajstić information content (AvgIpc) is 2.99. The van der Waals surface area contributed by atoms with Gasteiger partial charge in [-0.2, -0.15) is 0 Å². The standard InChI is InChI=1S/C15H20N2O5/c18-7-3-1-2-6-16-14(19)15(20)17-9-11-4-5-12-13(8-11)22-10-21-12/h4-5,8,18H,1-3,6-7,9-10H2,(H,16,19)(H,17,20). The Labute approximate surface area is 128 Å². The molecule has 0 saturated carbocycles. The molecule has 2 rings (SSSR count). The zero-order valence-corrected chi connectivity index (χ0v) is 12.3. The van der Waals surface area contributed by atoms with Crippen molar-refractivity contribution in [2.45, 2.75) is 25.8 Å². The molecule has 3 N–H and O–H groups in total. The molecule has 0 radical (unpaired) electrons. The highest BCUT2D eigenvalue weighted by Crippen LogP contribution is 2.32. The van der Waals surface area contributed by atoms with Gasteiger partial charge in [-0.1, -0.05) is 6.07 Å². The van der Waals surface area contributed by atoms with Crippen LogP contribution in [0.3, 0.4) is 0 Å². The molecule has 1 aliphatic rings. The fourth-order valence-corrected chi connectivity index (χ4v) is 2.01. The molecule has 0 aliphatic carbocycles. The highest BCUT2D eigenvalue weighted by atomic mass is 16.7. The van der Waals surface area contributed by atoms with E-state index in [0.29, 0.717) is 24.5 Å². The minimum Gasteiger partial charge on any atom is -0.454 e. The van der Waals surface area contributed by atoms with Gasteiger partial charge in [0.2, 0.25) is 6.79 Å². The number of ether oxygens (including phenoxy) is 2. The Hall–Kier alpha value is -2.28. The van der Waals surface area contributed by atoms with Crippen molar-refractivity contribution in [3.63, 3.8) is 0 Å². The Balaban J connectivity index is 1.69. The van der Waals surface area contributed by atoms with Gasteiger partial charge in [0, 0.05) is 19.7 Å². The van der Waals surface area contributed by atoms with E-state index in [1.165, 1.54) is 0 Å². The van der Waals surface area contributed by atoms with Crippen LogP contribution in [-0.4, -0.2) is 36.9 Å². The number of benzene rings is 1. The summed E-state index contributed by atoms with van der Waals surface area (Å²) < 4.78 is 10.4. The predicted molar refractivity (Wildman–Crippen MR) is 78.4 cm³/mol. The predicted octanol–water partition coefficient (Wildman–Crippen LogP) is 0.310. The first kappa shape index (κ1) is 16.1. The second kappa shape index (κ2) is 8.23. The molecule has 0 aromatic heterocycles. The molecule has 0 unspecified atom stereocenters. The normalized spacial score (nSPS) is 12.0. The van der Waals surface area contributed by atoms with E-state index in [0.717, 1.165) is 18.4 Å². The molecule has 0 fully saturated rings. The molecule has 22 heavy (non-hydrogen) atoms. The highest BCUT2D eigenvalue weighted by Gasteiger charge is 2.15. The second-order valence-electron chi connectivity index (χ2n) is 4.91. The SMILES string of the molecule is O=C(NCCCCCO)C(=O)NCc1ccc2c(c1)OCO2. The van der Waals surface area contributed by atoms with E-state index in [1.807, 2.05) is 0 Å². The molecule has 1 aliphatic heterocycles. The molecule has 0 saturated heterocycles. The van der Waals surface area contributed by atoms with Crippen molar-refractivity contribution >= 4 is 11.8 Å². The van der Waals surface area contributed by atoms with E-state index in [4.69, 9.17) is 14.6 Å². The van der Waals surface area contributed by atoms with Gasteiger partial charge in [-0.05, 0) is 37.0 Å². The van der Waals surface area contributed by atoms with Gasteiger partial charge in [-0.3, -0.25) is 9.59 Å². The monoisotopic (exact) mass is 308 g/mol. The van der Waals surface area contributed by atoms with Crippen LogP contribution in [-0.2, 0) is 16.1 Å². The van der Waals surface area contributed by atoms with Crippen molar-refractivity contribution in [3.05, 3.63) is 23.8 Å². The summed E-state index contributed by atoms with van der Waals surface area (Å²) in [6, 6.07) is 5.35. The maximum atomic E-state index is 11.7. The third-order valence-corrected chi connectivity index (χ3v) is 3.22. The minimum absolute atomic E-state index is 0.143. The summed E-state index contributed by atoms with van der Waals surface area (Å²) >= 11 is 0. The molecule has 0 atom stereocenters. The van der Waals surface area contributed by atoms with Crippen LogP contribution in [0.5, 0.6) is 11.5 Å². The Morgan fingerprint density at radius 1 is 1.05 bits per heavy atom. The zero-order chi connectivity index (χ0) is 15.8. The summed E-state index contributed by atoms with van der Waals surface area (Å²) in [7, 11) is 0. The number of aliphatic hydroxyl groups excluding tert-OH is 1. The van der Waals surface area contributed by atoms with E-state index in [2.05, 4.69) is 10.6 Å². The summed E-state index contributed by atoms with van der Waals surface area (Å²) in [4.78, 5) is 23.2. The van der Waals surface area contributed by atoms with Crippen LogP contribution in [0, 0.1) is 0 Å². The maximum Gasteiger partial charge on any atom is 0.309 e. The van der Waals surface area contributed by atoms with Gasteiger partial charge in [0.1, 0.15) is 0 Å². The maximum absolute atomic E-state index is 11.7. The molecule has 7 nitrogen and oxygen atoms in total. The Morgan fingerprint density at radius 3 is 2.64 bits per heavy atom. The Morgan fingerprint density at radius 2 is 1.82 bits per heavy atom. The van der Waals surface area contributed by atoms with Crippen LogP contribution in [0.1, 0.15) is 24.8 Å². The first-order valence-electron chi connectivity index (χ1n) is 7.26. The van der Waals surface area contributed by atoms with E-state index in [9.17, 15) is 9.59 Å². The van der Waals surface area contributed by atoms with Gasteiger partial charge in [0.25, 0.3) is 0 Å². The molecule has 7 heteroatoms. The average molecular weight is 308 g/mol. The molecule has 1 aromatic rings. The summed E-state index contributed by atoms with van der Waals surface area (Å²) in [6.45, 7) is 1.01. The van der Waals surface area contributed by atoms with E-state index in [1.54, 1.807) is 18.2 Å². The van der Waals surface area contributed by atoms with Crippen molar-refractivity contribution in [2.75, 3.05) is 19.9 Å². The fourth-order valence-electron chi connectivity index (χ4n) is 2.01. The van der Waals surface area contributed by atoms with Crippen molar-refractivity contribution in [1.29, 1.82) is 0 Å². The lowest BCUT2D eigenvalue weighted by molar-refractivity contribution is -0.139. The van der Waals surface area contributed by atoms with Gasteiger partial charge < -0.3 is 25.2 Å². The topological polar surface area (TPSA) is 96.9 Å². The Kier molecular flexibility index (Phi) is 6.02. The molecule has 120 valence electrons. The lowest BCUT2D eigenvalue weighted by Crippen LogP contribution is -2.39. The number of hydrogen-bond donors (Lipinski definition) is 3. The number of unbranched alkanes of at least 4 members (excludes halogenated alkanes) is 2. The zero-order valence-electron chi connectivity index (χ0n) is 12.3. The van der Waals surface area contributed by atoms with Crippen molar-refractivity contribution in [1.82, 2.24) is 10.6 Å². The van der Waals surface area contributed by atoms with Gasteiger partial charge in [0.15, 0.2) is 11.5 Å². The summed E-state index contributed by atoms with van der Waals surface area (Å²) in [5.74, 6) is 0.000324. The number of fused-ring (bicyclic) bond motifs is 1. The number of nitrogens with one attached hydrogen (secondary N) is 2. The highest BCUT2D eigenvalue weighted by molar-refractivity contribution is 6.35. The molecular formula is C15H20N2O5. The molecule has 1 heterocycles. The Bertz CT molecular complexity index is 533. The molecule has 0 bridgehead atoms. The number of amides is 2. The van der Waals surface area contributed by atoms with E-state index in [-0.39, 0.29) is 19.9 Å². The van der Waals surface area contributed by atoms with Crippen LogP contribution < -0.4 is 20.1 Å². The third-order valence-electron chi connectivity index (χ3n) is 3.22. The van der Waals surface area contributed by atoms with Crippen LogP contribution in [0.2, 0.25) is 0 Å². The lowest BCUT2D eigenvalue weighted by Gasteiger charge is -2.07. The van der Waals surface area contributed by atoms with Crippen LogP contribution in [0.15, 0.2) is 18.2 Å². The molecule has 0 spiro atoms. The van der Waals surface area contributed by atoms with Crippen LogP contribution in [0.4, 0.5) is 0 Å². The fraction of sp³-hybridized carbons (Fsp3) is 0.467. The minimum atomic E-state index is -0.667. The number of carbonyl (C=O) groups excluding carboxylic acids is 2. The van der Waals surface area contributed by atoms with Crippen molar-refractivity contribution in [2.24, 2.45) is 0 Å². The third kappa shape index (κ3) is 4.63. The van der Waals surface area contributed by atoms with Crippen molar-refractivity contribution < 1.29 is 24.2 Å². The largest absolute Gasteiger partial charge is 0.454 e. The van der Waals surface area contributed by atoms with Gasteiger partial charge >= 0.3 is 11.8 Å². The number of carbonyl (C=O) groups is 2. The first-order chi connectivity index (χ1) is 10.7. The van der Waals surface area contributed by atoms with Gasteiger partial charge in [-0.15, -0.1) is 0 Å². The van der Waals surface area contributed by atoms with Crippen molar-refractivity contribution in [3.8, 4) is 11.5 Å².